The Bertz CT molecular complexity index is 456. The van der Waals surface area contributed by atoms with Crippen LogP contribution in [0.2, 0.25) is 0 Å². The van der Waals surface area contributed by atoms with Gasteiger partial charge in [0.2, 0.25) is 0 Å². The van der Waals surface area contributed by atoms with Crippen LogP contribution in [0.15, 0.2) is 49.6 Å². The van der Waals surface area contributed by atoms with E-state index >= 15 is 0 Å². The maximum absolute atomic E-state index is 13.2. The number of halogens is 1. The zero-order valence-corrected chi connectivity index (χ0v) is 13.2. The van der Waals surface area contributed by atoms with E-state index in [-0.39, 0.29) is 11.9 Å². The van der Waals surface area contributed by atoms with Gasteiger partial charge in [0.25, 0.3) is 0 Å². The molecule has 4 heteroatoms. The van der Waals surface area contributed by atoms with Gasteiger partial charge in [-0.3, -0.25) is 9.80 Å². The number of piperazine rings is 1. The predicted octanol–water partition coefficient (Wildman–Crippen LogP) is 2.45. The standard InChI is InChI=1S/C18H26FN3/c1-3-11-22(12-4-2)18(15-21-13-9-20-10-14-21)16-5-7-17(19)8-6-16/h3-8,18,20H,1-2,9-15H2. The van der Waals surface area contributed by atoms with Crippen molar-refractivity contribution in [3.63, 3.8) is 0 Å². The fraction of sp³-hybridized carbons (Fsp3) is 0.444. The molecule has 0 saturated carbocycles. The lowest BCUT2D eigenvalue weighted by Crippen LogP contribution is -2.47. The van der Waals surface area contributed by atoms with Gasteiger partial charge in [0.15, 0.2) is 0 Å². The molecule has 120 valence electrons. The van der Waals surface area contributed by atoms with Gasteiger partial charge in [-0.2, -0.15) is 0 Å². The highest BCUT2D eigenvalue weighted by Crippen LogP contribution is 2.23. The molecular formula is C18H26FN3. The van der Waals surface area contributed by atoms with Gasteiger partial charge in [0.1, 0.15) is 5.82 Å². The van der Waals surface area contributed by atoms with E-state index in [1.165, 1.54) is 0 Å². The first-order valence-corrected chi connectivity index (χ1v) is 7.89. The molecule has 0 aromatic heterocycles. The van der Waals surface area contributed by atoms with Crippen LogP contribution in [0.25, 0.3) is 0 Å². The molecule has 1 N–H and O–H groups in total. The largest absolute Gasteiger partial charge is 0.314 e. The van der Waals surface area contributed by atoms with Crippen LogP contribution in [0.3, 0.4) is 0 Å². The van der Waals surface area contributed by atoms with Crippen molar-refractivity contribution in [1.82, 2.24) is 15.1 Å². The highest BCUT2D eigenvalue weighted by atomic mass is 19.1. The topological polar surface area (TPSA) is 18.5 Å². The lowest BCUT2D eigenvalue weighted by atomic mass is 10.0. The van der Waals surface area contributed by atoms with Crippen molar-refractivity contribution in [2.45, 2.75) is 6.04 Å². The molecule has 0 radical (unpaired) electrons. The Morgan fingerprint density at radius 3 is 2.27 bits per heavy atom. The van der Waals surface area contributed by atoms with Crippen LogP contribution >= 0.6 is 0 Å². The summed E-state index contributed by atoms with van der Waals surface area (Å²) < 4.78 is 13.2. The molecule has 1 aromatic carbocycles. The van der Waals surface area contributed by atoms with E-state index in [2.05, 4.69) is 28.3 Å². The summed E-state index contributed by atoms with van der Waals surface area (Å²) in [6, 6.07) is 7.08. The molecule has 22 heavy (non-hydrogen) atoms. The normalized spacial score (nSPS) is 17.4. The van der Waals surface area contributed by atoms with Crippen molar-refractivity contribution in [2.75, 3.05) is 45.8 Å². The molecule has 3 nitrogen and oxygen atoms in total. The summed E-state index contributed by atoms with van der Waals surface area (Å²) in [5, 5.41) is 3.38. The Labute approximate surface area is 133 Å². The van der Waals surface area contributed by atoms with Gasteiger partial charge in [-0.25, -0.2) is 4.39 Å². The Hall–Kier alpha value is -1.49. The lowest BCUT2D eigenvalue weighted by molar-refractivity contribution is 0.148. The van der Waals surface area contributed by atoms with E-state index in [0.717, 1.165) is 51.4 Å². The van der Waals surface area contributed by atoms with Crippen LogP contribution < -0.4 is 5.32 Å². The van der Waals surface area contributed by atoms with E-state index in [1.54, 1.807) is 12.1 Å². The summed E-state index contributed by atoms with van der Waals surface area (Å²) in [7, 11) is 0. The summed E-state index contributed by atoms with van der Waals surface area (Å²) in [4.78, 5) is 4.79. The van der Waals surface area contributed by atoms with Crippen molar-refractivity contribution in [2.24, 2.45) is 0 Å². The van der Waals surface area contributed by atoms with E-state index in [9.17, 15) is 4.39 Å². The van der Waals surface area contributed by atoms with Crippen LogP contribution in [-0.4, -0.2) is 55.6 Å². The molecule has 0 bridgehead atoms. The fourth-order valence-corrected chi connectivity index (χ4v) is 2.92. The minimum absolute atomic E-state index is 0.191. The monoisotopic (exact) mass is 303 g/mol. The van der Waals surface area contributed by atoms with Gasteiger partial charge >= 0.3 is 0 Å². The lowest BCUT2D eigenvalue weighted by Gasteiger charge is -2.36. The number of nitrogens with one attached hydrogen (secondary N) is 1. The second-order valence-corrected chi connectivity index (χ2v) is 5.65. The molecule has 1 unspecified atom stereocenters. The third kappa shape index (κ3) is 4.77. The van der Waals surface area contributed by atoms with Crippen LogP contribution in [0.4, 0.5) is 4.39 Å². The van der Waals surface area contributed by atoms with E-state index in [0.29, 0.717) is 0 Å². The van der Waals surface area contributed by atoms with Gasteiger partial charge in [-0.15, -0.1) is 13.2 Å². The summed E-state index contributed by atoms with van der Waals surface area (Å²) in [6.45, 7) is 14.4. The van der Waals surface area contributed by atoms with Crippen molar-refractivity contribution in [3.05, 3.63) is 61.0 Å². The maximum atomic E-state index is 13.2. The molecule has 1 fully saturated rings. The van der Waals surface area contributed by atoms with Crippen LogP contribution in [0, 0.1) is 5.82 Å². The maximum Gasteiger partial charge on any atom is 0.123 e. The zero-order chi connectivity index (χ0) is 15.8. The third-order valence-corrected chi connectivity index (χ3v) is 4.06. The van der Waals surface area contributed by atoms with E-state index in [1.807, 2.05) is 24.3 Å². The molecule has 1 aliphatic heterocycles. The molecule has 2 rings (SSSR count). The molecular weight excluding hydrogens is 277 g/mol. The van der Waals surface area contributed by atoms with Crippen LogP contribution in [-0.2, 0) is 0 Å². The molecule has 1 aliphatic rings. The highest BCUT2D eigenvalue weighted by molar-refractivity contribution is 5.21. The minimum Gasteiger partial charge on any atom is -0.314 e. The minimum atomic E-state index is -0.191. The predicted molar refractivity (Wildman–Crippen MR) is 90.4 cm³/mol. The first kappa shape index (κ1) is 16.9. The summed E-state index contributed by atoms with van der Waals surface area (Å²) in [5.41, 5.74) is 1.14. The van der Waals surface area contributed by atoms with Crippen LogP contribution in [0.1, 0.15) is 11.6 Å². The average Bonchev–Trinajstić information content (AvgIpc) is 2.54. The SMILES string of the molecule is C=CCN(CC=C)C(CN1CCNCC1)c1ccc(F)cc1. The van der Waals surface area contributed by atoms with Crippen molar-refractivity contribution >= 4 is 0 Å². The summed E-state index contributed by atoms with van der Waals surface area (Å²) in [6.07, 6.45) is 3.83. The summed E-state index contributed by atoms with van der Waals surface area (Å²) in [5.74, 6) is -0.191. The quantitative estimate of drug-likeness (QED) is 0.744. The molecule has 0 aliphatic carbocycles. The zero-order valence-electron chi connectivity index (χ0n) is 13.2. The second-order valence-electron chi connectivity index (χ2n) is 5.65. The number of nitrogens with zero attached hydrogens (tertiary/aromatic N) is 2. The molecule has 0 spiro atoms. The molecule has 1 atom stereocenters. The van der Waals surface area contributed by atoms with Gasteiger partial charge in [0, 0.05) is 51.9 Å². The van der Waals surface area contributed by atoms with E-state index < -0.39 is 0 Å². The highest BCUT2D eigenvalue weighted by Gasteiger charge is 2.22. The Morgan fingerprint density at radius 2 is 1.73 bits per heavy atom. The first-order chi connectivity index (χ1) is 10.7. The molecule has 1 aromatic rings. The smallest absolute Gasteiger partial charge is 0.123 e. The Kier molecular flexibility index (Phi) is 6.77. The third-order valence-electron chi connectivity index (χ3n) is 4.06. The Balaban J connectivity index is 2.18. The van der Waals surface area contributed by atoms with Crippen molar-refractivity contribution in [3.8, 4) is 0 Å². The number of rotatable bonds is 8. The van der Waals surface area contributed by atoms with Crippen LogP contribution in [0.5, 0.6) is 0 Å². The first-order valence-electron chi connectivity index (χ1n) is 7.89. The van der Waals surface area contributed by atoms with E-state index in [4.69, 9.17) is 0 Å². The van der Waals surface area contributed by atoms with Gasteiger partial charge < -0.3 is 5.32 Å². The van der Waals surface area contributed by atoms with Crippen molar-refractivity contribution in [1.29, 1.82) is 0 Å². The number of hydrogen-bond donors (Lipinski definition) is 1. The van der Waals surface area contributed by atoms with Gasteiger partial charge in [0.05, 0.1) is 0 Å². The number of benzene rings is 1. The number of hydrogen-bond acceptors (Lipinski definition) is 3. The molecule has 0 amide bonds. The summed E-state index contributed by atoms with van der Waals surface area (Å²) >= 11 is 0. The Morgan fingerprint density at radius 1 is 1.14 bits per heavy atom. The van der Waals surface area contributed by atoms with Crippen molar-refractivity contribution < 1.29 is 4.39 Å². The fourth-order valence-electron chi connectivity index (χ4n) is 2.92. The second kappa shape index (κ2) is 8.83. The van der Waals surface area contributed by atoms with Gasteiger partial charge in [-0.1, -0.05) is 24.3 Å². The average molecular weight is 303 g/mol. The molecule has 1 heterocycles. The molecule has 1 saturated heterocycles. The van der Waals surface area contributed by atoms with Gasteiger partial charge in [-0.05, 0) is 17.7 Å².